The number of hydrogen-bond acceptors (Lipinski definition) is 3. The molecule has 0 saturated carbocycles. The van der Waals surface area contributed by atoms with Crippen LogP contribution in [0.15, 0.2) is 29.3 Å². The zero-order valence-corrected chi connectivity index (χ0v) is 10.7. The van der Waals surface area contributed by atoms with Gasteiger partial charge in [-0.3, -0.25) is 9.59 Å². The van der Waals surface area contributed by atoms with E-state index in [4.69, 9.17) is 0 Å². The maximum Gasteiger partial charge on any atom is 0.264 e. The molecule has 2 N–H and O–H groups in total. The number of benzene rings is 1. The van der Waals surface area contributed by atoms with E-state index in [0.29, 0.717) is 5.84 Å². The van der Waals surface area contributed by atoms with Crippen LogP contribution in [0.5, 0.6) is 0 Å². The number of rotatable bonds is 2. The van der Waals surface area contributed by atoms with Crippen molar-refractivity contribution in [3.05, 3.63) is 35.6 Å². The fraction of sp³-hybridized carbons (Fsp3) is 0.357. The van der Waals surface area contributed by atoms with Gasteiger partial charge < -0.3 is 10.6 Å². The molecule has 2 unspecified atom stereocenters. The summed E-state index contributed by atoms with van der Waals surface area (Å²) in [5, 5.41) is 5.79. The largest absolute Gasteiger partial charge is 0.312 e. The van der Waals surface area contributed by atoms with Gasteiger partial charge in [-0.25, -0.2) is 4.39 Å². The third-order valence-electron chi connectivity index (χ3n) is 3.60. The molecule has 1 aromatic carbocycles. The topological polar surface area (TPSA) is 70.6 Å². The first-order valence-corrected chi connectivity index (χ1v) is 6.58. The molecule has 2 atom stereocenters. The average Bonchev–Trinajstić information content (AvgIpc) is 2.94. The standard InChI is InChI=1S/C14H14FN3O2/c15-9-5-2-1-4-8(9)11-13(19)17-12(18-14(11)20)10-6-3-7-16-10/h1-2,4-5,10-11,16H,3,6-7H2,(H,17,18,19,20). The monoisotopic (exact) mass is 275 g/mol. The van der Waals surface area contributed by atoms with Crippen molar-refractivity contribution in [2.75, 3.05) is 6.54 Å². The first kappa shape index (κ1) is 12.9. The predicted octanol–water partition coefficient (Wildman–Crippen LogP) is 0.716. The lowest BCUT2D eigenvalue weighted by Crippen LogP contribution is -2.50. The molecule has 1 saturated heterocycles. The maximum absolute atomic E-state index is 13.7. The van der Waals surface area contributed by atoms with Crippen LogP contribution in [0.3, 0.4) is 0 Å². The summed E-state index contributed by atoms with van der Waals surface area (Å²) in [6.45, 7) is 0.838. The highest BCUT2D eigenvalue weighted by molar-refractivity contribution is 6.20. The second-order valence-corrected chi connectivity index (χ2v) is 4.93. The number of hydrogen-bond donors (Lipinski definition) is 2. The highest BCUT2D eigenvalue weighted by Gasteiger charge is 2.37. The Balaban J connectivity index is 1.90. The lowest BCUT2D eigenvalue weighted by Gasteiger charge is -2.23. The first-order valence-electron chi connectivity index (χ1n) is 6.58. The zero-order chi connectivity index (χ0) is 14.1. The number of halogens is 1. The van der Waals surface area contributed by atoms with Crippen LogP contribution in [-0.2, 0) is 9.59 Å². The SMILES string of the molecule is O=C1N=C(C2CCCN2)NC(=O)C1c1ccccc1F. The van der Waals surface area contributed by atoms with Crippen LogP contribution in [0.4, 0.5) is 4.39 Å². The molecule has 0 aromatic heterocycles. The normalized spacial score (nSPS) is 26.4. The lowest BCUT2D eigenvalue weighted by atomic mass is 9.95. The highest BCUT2D eigenvalue weighted by Crippen LogP contribution is 2.24. The number of amides is 2. The van der Waals surface area contributed by atoms with Gasteiger partial charge in [-0.2, -0.15) is 4.99 Å². The van der Waals surface area contributed by atoms with E-state index in [1.54, 1.807) is 6.07 Å². The summed E-state index contributed by atoms with van der Waals surface area (Å²) >= 11 is 0. The molecule has 5 nitrogen and oxygen atoms in total. The molecule has 104 valence electrons. The van der Waals surface area contributed by atoms with Crippen molar-refractivity contribution < 1.29 is 14.0 Å². The van der Waals surface area contributed by atoms with E-state index in [1.807, 2.05) is 0 Å². The summed E-state index contributed by atoms with van der Waals surface area (Å²) in [6.07, 6.45) is 1.81. The zero-order valence-electron chi connectivity index (χ0n) is 10.7. The average molecular weight is 275 g/mol. The Hall–Kier alpha value is -2.08. The van der Waals surface area contributed by atoms with Crippen molar-refractivity contribution >= 4 is 17.6 Å². The number of aliphatic imine (C=N–C) groups is 1. The maximum atomic E-state index is 13.7. The Bertz CT molecular complexity index is 594. The Morgan fingerprint density at radius 1 is 1.25 bits per heavy atom. The summed E-state index contributed by atoms with van der Waals surface area (Å²) in [5.41, 5.74) is 0.0668. The number of carbonyl (C=O) groups is 2. The van der Waals surface area contributed by atoms with Crippen LogP contribution >= 0.6 is 0 Å². The van der Waals surface area contributed by atoms with Gasteiger partial charge in [0.1, 0.15) is 17.6 Å². The molecule has 0 spiro atoms. The van der Waals surface area contributed by atoms with Gasteiger partial charge in [0.05, 0.1) is 6.04 Å². The number of nitrogens with zero attached hydrogens (tertiary/aromatic N) is 1. The third kappa shape index (κ3) is 2.22. The Morgan fingerprint density at radius 3 is 2.70 bits per heavy atom. The Kier molecular flexibility index (Phi) is 3.31. The first-order chi connectivity index (χ1) is 9.66. The van der Waals surface area contributed by atoms with Gasteiger partial charge in [0, 0.05) is 5.56 Å². The minimum Gasteiger partial charge on any atom is -0.312 e. The molecule has 0 radical (unpaired) electrons. The van der Waals surface area contributed by atoms with Gasteiger partial charge in [-0.05, 0) is 25.5 Å². The molecule has 2 heterocycles. The number of amidine groups is 1. The Morgan fingerprint density at radius 2 is 2.05 bits per heavy atom. The molecule has 1 fully saturated rings. The highest BCUT2D eigenvalue weighted by atomic mass is 19.1. The van der Waals surface area contributed by atoms with Gasteiger partial charge in [0.25, 0.3) is 5.91 Å². The van der Waals surface area contributed by atoms with Gasteiger partial charge >= 0.3 is 0 Å². The van der Waals surface area contributed by atoms with E-state index in [2.05, 4.69) is 15.6 Å². The summed E-state index contributed by atoms with van der Waals surface area (Å²) in [7, 11) is 0. The van der Waals surface area contributed by atoms with E-state index in [9.17, 15) is 14.0 Å². The summed E-state index contributed by atoms with van der Waals surface area (Å²) < 4.78 is 13.7. The van der Waals surface area contributed by atoms with E-state index in [0.717, 1.165) is 19.4 Å². The summed E-state index contributed by atoms with van der Waals surface area (Å²) in [4.78, 5) is 28.1. The molecule has 2 amide bonds. The second kappa shape index (κ2) is 5.13. The molecule has 20 heavy (non-hydrogen) atoms. The van der Waals surface area contributed by atoms with Crippen LogP contribution in [0.2, 0.25) is 0 Å². The lowest BCUT2D eigenvalue weighted by molar-refractivity contribution is -0.130. The third-order valence-corrected chi connectivity index (χ3v) is 3.60. The van der Waals surface area contributed by atoms with Crippen LogP contribution < -0.4 is 10.6 Å². The van der Waals surface area contributed by atoms with Crippen molar-refractivity contribution in [2.45, 2.75) is 24.8 Å². The van der Waals surface area contributed by atoms with Gasteiger partial charge in [0.15, 0.2) is 0 Å². The van der Waals surface area contributed by atoms with E-state index >= 15 is 0 Å². The molecule has 1 aromatic rings. The minimum atomic E-state index is -1.19. The van der Waals surface area contributed by atoms with Crippen molar-refractivity contribution in [3.8, 4) is 0 Å². The fourth-order valence-electron chi connectivity index (χ4n) is 2.59. The van der Waals surface area contributed by atoms with E-state index < -0.39 is 23.5 Å². The van der Waals surface area contributed by atoms with Crippen LogP contribution in [0, 0.1) is 5.82 Å². The van der Waals surface area contributed by atoms with E-state index in [-0.39, 0.29) is 11.6 Å². The fourth-order valence-corrected chi connectivity index (χ4v) is 2.59. The van der Waals surface area contributed by atoms with Crippen molar-refractivity contribution in [1.82, 2.24) is 10.6 Å². The van der Waals surface area contributed by atoms with E-state index in [1.165, 1.54) is 18.2 Å². The van der Waals surface area contributed by atoms with Crippen LogP contribution in [-0.4, -0.2) is 30.2 Å². The van der Waals surface area contributed by atoms with Gasteiger partial charge in [0.2, 0.25) is 5.91 Å². The predicted molar refractivity (Wildman–Crippen MR) is 70.8 cm³/mol. The van der Waals surface area contributed by atoms with Crippen LogP contribution in [0.25, 0.3) is 0 Å². The van der Waals surface area contributed by atoms with Crippen molar-refractivity contribution in [3.63, 3.8) is 0 Å². The van der Waals surface area contributed by atoms with Gasteiger partial charge in [-0.1, -0.05) is 18.2 Å². The molecule has 2 aliphatic heterocycles. The molecule has 0 bridgehead atoms. The molecule has 6 heteroatoms. The van der Waals surface area contributed by atoms with Gasteiger partial charge in [-0.15, -0.1) is 0 Å². The van der Waals surface area contributed by atoms with Crippen molar-refractivity contribution in [2.24, 2.45) is 4.99 Å². The molecule has 0 aliphatic carbocycles. The summed E-state index contributed by atoms with van der Waals surface area (Å²) in [6, 6.07) is 5.68. The van der Waals surface area contributed by atoms with Crippen molar-refractivity contribution in [1.29, 1.82) is 0 Å². The summed E-state index contributed by atoms with van der Waals surface area (Å²) in [5.74, 6) is -2.54. The molecular weight excluding hydrogens is 261 g/mol. The van der Waals surface area contributed by atoms with Crippen LogP contribution in [0.1, 0.15) is 24.3 Å². The molecular formula is C14H14FN3O2. The minimum absolute atomic E-state index is 0.0668. The second-order valence-electron chi connectivity index (χ2n) is 4.93. The number of carbonyl (C=O) groups excluding carboxylic acids is 2. The number of nitrogens with one attached hydrogen (secondary N) is 2. The molecule has 3 rings (SSSR count). The Labute approximate surface area is 115 Å². The molecule has 2 aliphatic rings. The smallest absolute Gasteiger partial charge is 0.264 e. The quantitative estimate of drug-likeness (QED) is 0.781.